The first-order valence-corrected chi connectivity index (χ1v) is 6.31. The van der Waals surface area contributed by atoms with Gasteiger partial charge >= 0.3 is 0 Å². The zero-order chi connectivity index (χ0) is 10.8. The van der Waals surface area contributed by atoms with E-state index in [9.17, 15) is 13.2 Å². The normalized spacial score (nSPS) is 23.1. The molecule has 14 heavy (non-hydrogen) atoms. The lowest BCUT2D eigenvalue weighted by atomic mass is 10.1. The molecule has 1 aliphatic heterocycles. The molecule has 0 aliphatic carbocycles. The van der Waals surface area contributed by atoms with Gasteiger partial charge in [0, 0.05) is 26.6 Å². The fraction of sp³-hybridized carbons (Fsp3) is 0.875. The molecule has 1 fully saturated rings. The Morgan fingerprint density at radius 2 is 2.21 bits per heavy atom. The fourth-order valence-corrected chi connectivity index (χ4v) is 2.13. The van der Waals surface area contributed by atoms with Crippen molar-refractivity contribution in [3.8, 4) is 0 Å². The van der Waals surface area contributed by atoms with Crippen LogP contribution in [0.5, 0.6) is 0 Å². The van der Waals surface area contributed by atoms with Crippen LogP contribution in [-0.4, -0.2) is 45.1 Å². The van der Waals surface area contributed by atoms with Gasteiger partial charge in [-0.2, -0.15) is 0 Å². The van der Waals surface area contributed by atoms with Crippen molar-refractivity contribution in [2.45, 2.75) is 13.3 Å². The lowest BCUT2D eigenvalue weighted by Gasteiger charge is -2.10. The third-order valence-electron chi connectivity index (χ3n) is 2.39. The van der Waals surface area contributed by atoms with Crippen molar-refractivity contribution >= 4 is 15.9 Å². The van der Waals surface area contributed by atoms with Crippen LogP contribution in [-0.2, 0) is 14.8 Å². The minimum Gasteiger partial charge on any atom is -0.345 e. The number of hydrogen-bond acceptors (Lipinski definition) is 3. The topological polar surface area (TPSA) is 66.5 Å². The largest absolute Gasteiger partial charge is 0.345 e. The van der Waals surface area contributed by atoms with Gasteiger partial charge in [-0.25, -0.2) is 13.1 Å². The van der Waals surface area contributed by atoms with Gasteiger partial charge in [-0.05, 0) is 12.8 Å². The van der Waals surface area contributed by atoms with E-state index in [-0.39, 0.29) is 17.6 Å². The molecule has 1 aliphatic rings. The van der Waals surface area contributed by atoms with E-state index in [4.69, 9.17) is 0 Å². The van der Waals surface area contributed by atoms with Crippen molar-refractivity contribution in [1.82, 2.24) is 9.62 Å². The Balaban J connectivity index is 2.38. The molecule has 0 spiro atoms. The Kier molecular flexibility index (Phi) is 3.49. The van der Waals surface area contributed by atoms with Gasteiger partial charge in [0.15, 0.2) is 0 Å². The summed E-state index contributed by atoms with van der Waals surface area (Å²) in [7, 11) is -1.39. The van der Waals surface area contributed by atoms with Crippen molar-refractivity contribution < 1.29 is 13.2 Å². The molecule has 1 unspecified atom stereocenters. The minimum absolute atomic E-state index is 0.0868. The molecule has 6 heteroatoms. The summed E-state index contributed by atoms with van der Waals surface area (Å²) in [6.07, 6.45) is 0.447. The third-order valence-corrected chi connectivity index (χ3v) is 3.76. The van der Waals surface area contributed by atoms with Crippen molar-refractivity contribution in [3.05, 3.63) is 0 Å². The second-order valence-electron chi connectivity index (χ2n) is 3.60. The van der Waals surface area contributed by atoms with Gasteiger partial charge in [-0.15, -0.1) is 0 Å². The van der Waals surface area contributed by atoms with E-state index >= 15 is 0 Å². The molecule has 0 saturated carbocycles. The average molecular weight is 220 g/mol. The number of likely N-dealkylation sites (tertiary alicyclic amines) is 1. The van der Waals surface area contributed by atoms with Crippen LogP contribution in [0.1, 0.15) is 13.3 Å². The minimum atomic E-state index is -3.12. The number of rotatable bonds is 4. The Morgan fingerprint density at radius 1 is 1.57 bits per heavy atom. The van der Waals surface area contributed by atoms with Crippen LogP contribution in [0.15, 0.2) is 0 Å². The number of sulfonamides is 1. The van der Waals surface area contributed by atoms with Crippen LogP contribution in [0.3, 0.4) is 0 Å². The zero-order valence-electron chi connectivity index (χ0n) is 8.49. The number of amides is 1. The van der Waals surface area contributed by atoms with Gasteiger partial charge in [0.05, 0.1) is 5.75 Å². The second kappa shape index (κ2) is 4.27. The molecule has 5 nitrogen and oxygen atoms in total. The molecule has 1 amide bonds. The van der Waals surface area contributed by atoms with E-state index in [0.29, 0.717) is 19.5 Å². The first kappa shape index (κ1) is 11.5. The molecule has 82 valence electrons. The van der Waals surface area contributed by atoms with Crippen molar-refractivity contribution in [2.75, 3.05) is 25.9 Å². The lowest BCUT2D eigenvalue weighted by Crippen LogP contribution is -2.31. The molecule has 0 aromatic heterocycles. The Bertz CT molecular complexity index is 313. The molecule has 0 bridgehead atoms. The van der Waals surface area contributed by atoms with E-state index in [1.807, 2.05) is 0 Å². The fourth-order valence-electron chi connectivity index (χ4n) is 1.44. The van der Waals surface area contributed by atoms with E-state index in [1.165, 1.54) is 0 Å². The summed E-state index contributed by atoms with van der Waals surface area (Å²) in [4.78, 5) is 12.8. The highest BCUT2D eigenvalue weighted by Crippen LogP contribution is 2.14. The van der Waals surface area contributed by atoms with Crippen LogP contribution in [0, 0.1) is 5.92 Å². The highest BCUT2D eigenvalue weighted by atomic mass is 32.2. The van der Waals surface area contributed by atoms with Gasteiger partial charge in [0.1, 0.15) is 0 Å². The first-order chi connectivity index (χ1) is 6.44. The van der Waals surface area contributed by atoms with Gasteiger partial charge in [-0.1, -0.05) is 0 Å². The van der Waals surface area contributed by atoms with Crippen LogP contribution < -0.4 is 4.72 Å². The van der Waals surface area contributed by atoms with Crippen LogP contribution in [0.25, 0.3) is 0 Å². The van der Waals surface area contributed by atoms with E-state index in [2.05, 4.69) is 4.72 Å². The highest BCUT2D eigenvalue weighted by molar-refractivity contribution is 7.89. The quantitative estimate of drug-likeness (QED) is 0.688. The number of carbonyl (C=O) groups excluding carboxylic acids is 1. The van der Waals surface area contributed by atoms with Crippen LogP contribution in [0.2, 0.25) is 0 Å². The summed E-state index contributed by atoms with van der Waals surface area (Å²) >= 11 is 0. The molecule has 0 aromatic carbocycles. The summed E-state index contributed by atoms with van der Waals surface area (Å²) < 4.78 is 24.7. The maximum Gasteiger partial charge on any atom is 0.222 e. The van der Waals surface area contributed by atoms with Crippen molar-refractivity contribution in [3.63, 3.8) is 0 Å². The molecular weight excluding hydrogens is 204 g/mol. The highest BCUT2D eigenvalue weighted by Gasteiger charge is 2.27. The summed E-state index contributed by atoms with van der Waals surface area (Å²) in [5.74, 6) is 0.295. The first-order valence-electron chi connectivity index (χ1n) is 4.66. The number of hydrogen-bond donors (Lipinski definition) is 1. The number of nitrogens with one attached hydrogen (secondary N) is 1. The van der Waals surface area contributed by atoms with E-state index in [0.717, 1.165) is 0 Å². The summed E-state index contributed by atoms with van der Waals surface area (Å²) in [5, 5.41) is 0. The van der Waals surface area contributed by atoms with Crippen molar-refractivity contribution in [2.24, 2.45) is 5.92 Å². The molecule has 1 N–H and O–H groups in total. The standard InChI is InChI=1S/C8H16N2O3S/c1-3-14(12,13)9-5-7-4-8(11)10(2)6-7/h7,9H,3-6H2,1-2H3. The smallest absolute Gasteiger partial charge is 0.222 e. The van der Waals surface area contributed by atoms with Crippen LogP contribution in [0.4, 0.5) is 0 Å². The molecule has 1 saturated heterocycles. The maximum absolute atomic E-state index is 11.1. The van der Waals surface area contributed by atoms with E-state index < -0.39 is 10.0 Å². The molecule has 1 heterocycles. The molecular formula is C8H16N2O3S. The van der Waals surface area contributed by atoms with Gasteiger partial charge in [0.25, 0.3) is 0 Å². The van der Waals surface area contributed by atoms with Gasteiger partial charge < -0.3 is 4.90 Å². The summed E-state index contributed by atoms with van der Waals surface area (Å²) in [6.45, 7) is 2.60. The zero-order valence-corrected chi connectivity index (χ0v) is 9.30. The maximum atomic E-state index is 11.1. The SMILES string of the molecule is CCS(=O)(=O)NCC1CC(=O)N(C)C1. The predicted molar refractivity (Wildman–Crippen MR) is 53.2 cm³/mol. The third kappa shape index (κ3) is 2.95. The second-order valence-corrected chi connectivity index (χ2v) is 5.69. The Hall–Kier alpha value is -0.620. The summed E-state index contributed by atoms with van der Waals surface area (Å²) in [6, 6.07) is 0. The Morgan fingerprint density at radius 3 is 2.64 bits per heavy atom. The molecule has 1 atom stereocenters. The van der Waals surface area contributed by atoms with E-state index in [1.54, 1.807) is 18.9 Å². The molecule has 0 aromatic rings. The van der Waals surface area contributed by atoms with Gasteiger partial charge in [0.2, 0.25) is 15.9 Å². The van der Waals surface area contributed by atoms with Gasteiger partial charge in [-0.3, -0.25) is 4.79 Å². The monoisotopic (exact) mass is 220 g/mol. The lowest BCUT2D eigenvalue weighted by molar-refractivity contribution is -0.126. The number of nitrogens with zero attached hydrogens (tertiary/aromatic N) is 1. The molecule has 0 radical (unpaired) electrons. The summed E-state index contributed by atoms with van der Waals surface area (Å²) in [5.41, 5.74) is 0. The average Bonchev–Trinajstić information content (AvgIpc) is 2.44. The Labute approximate surface area is 84.5 Å². The number of carbonyl (C=O) groups is 1. The molecule has 1 rings (SSSR count). The predicted octanol–water partition coefficient (Wildman–Crippen LogP) is -0.596. The van der Waals surface area contributed by atoms with Crippen molar-refractivity contribution in [1.29, 1.82) is 0 Å². The van der Waals surface area contributed by atoms with Crippen LogP contribution >= 0.6 is 0 Å².